The molecule has 1 unspecified atom stereocenters. The third-order valence-electron chi connectivity index (χ3n) is 4.29. The minimum Gasteiger partial charge on any atom is -0.493 e. The second-order valence-electron chi connectivity index (χ2n) is 6.19. The van der Waals surface area contributed by atoms with Crippen LogP contribution in [0.15, 0.2) is 23.6 Å². The number of carbonyl (C=O) groups is 1. The lowest BCUT2D eigenvalue weighted by molar-refractivity contribution is 0.0205. The third-order valence-corrected chi connectivity index (χ3v) is 5.18. The highest BCUT2D eigenvalue weighted by Crippen LogP contribution is 2.33. The van der Waals surface area contributed by atoms with Gasteiger partial charge in [-0.1, -0.05) is 0 Å². The smallest absolute Gasteiger partial charge is 0.270 e. The summed E-state index contributed by atoms with van der Waals surface area (Å²) >= 11 is 1.42. The first-order valence-electron chi connectivity index (χ1n) is 8.15. The van der Waals surface area contributed by atoms with Crippen molar-refractivity contribution in [1.29, 1.82) is 0 Å². The molecule has 0 radical (unpaired) electrons. The summed E-state index contributed by atoms with van der Waals surface area (Å²) in [7, 11) is 3.19. The van der Waals surface area contributed by atoms with Gasteiger partial charge in [0, 0.05) is 24.1 Å². The molecule has 134 valence electrons. The lowest BCUT2D eigenvalue weighted by atomic mass is 10.0. The molecule has 2 aromatic rings. The number of hydrogen-bond acceptors (Lipinski definition) is 6. The summed E-state index contributed by atoms with van der Waals surface area (Å²) in [6.07, 6.45) is 1.99. The van der Waals surface area contributed by atoms with Gasteiger partial charge in [0.15, 0.2) is 11.5 Å². The van der Waals surface area contributed by atoms with Gasteiger partial charge in [0.05, 0.1) is 19.8 Å². The number of carbonyl (C=O) groups excluding carboxylic acids is 1. The van der Waals surface area contributed by atoms with Gasteiger partial charge in [-0.25, -0.2) is 4.98 Å². The average Bonchev–Trinajstić information content (AvgIpc) is 3.29. The van der Waals surface area contributed by atoms with Crippen LogP contribution in [0.3, 0.4) is 0 Å². The first-order chi connectivity index (χ1) is 12.0. The Hall–Kier alpha value is -2.12. The number of rotatable bonds is 6. The van der Waals surface area contributed by atoms with Crippen LogP contribution in [0.25, 0.3) is 10.6 Å². The van der Waals surface area contributed by atoms with E-state index in [4.69, 9.17) is 14.2 Å². The van der Waals surface area contributed by atoms with Crippen LogP contribution in [0.4, 0.5) is 0 Å². The number of nitrogens with one attached hydrogen (secondary N) is 1. The zero-order chi connectivity index (χ0) is 17.9. The number of hydrogen-bond donors (Lipinski definition) is 1. The summed E-state index contributed by atoms with van der Waals surface area (Å²) in [5, 5.41) is 5.44. The molecule has 0 bridgehead atoms. The zero-order valence-corrected chi connectivity index (χ0v) is 15.4. The van der Waals surface area contributed by atoms with Gasteiger partial charge in [0.25, 0.3) is 5.91 Å². The van der Waals surface area contributed by atoms with Gasteiger partial charge in [-0.2, -0.15) is 0 Å². The minimum absolute atomic E-state index is 0.181. The molecular formula is C18H22N2O4S. The van der Waals surface area contributed by atoms with Crippen LogP contribution in [0.1, 0.15) is 30.3 Å². The van der Waals surface area contributed by atoms with Crippen molar-refractivity contribution in [2.24, 2.45) is 0 Å². The van der Waals surface area contributed by atoms with E-state index >= 15 is 0 Å². The monoisotopic (exact) mass is 362 g/mol. The van der Waals surface area contributed by atoms with Crippen LogP contribution < -0.4 is 14.8 Å². The van der Waals surface area contributed by atoms with Crippen molar-refractivity contribution in [3.05, 3.63) is 29.3 Å². The van der Waals surface area contributed by atoms with E-state index in [-0.39, 0.29) is 11.5 Å². The van der Waals surface area contributed by atoms with Crippen molar-refractivity contribution in [2.45, 2.75) is 25.4 Å². The van der Waals surface area contributed by atoms with E-state index in [2.05, 4.69) is 10.3 Å². The van der Waals surface area contributed by atoms with E-state index < -0.39 is 0 Å². The number of methoxy groups -OCH3 is 2. The number of amides is 1. The summed E-state index contributed by atoms with van der Waals surface area (Å²) in [5.41, 5.74) is 1.03. The van der Waals surface area contributed by atoms with Gasteiger partial charge < -0.3 is 19.5 Å². The van der Waals surface area contributed by atoms with Crippen molar-refractivity contribution >= 4 is 17.2 Å². The predicted molar refractivity (Wildman–Crippen MR) is 96.6 cm³/mol. The summed E-state index contributed by atoms with van der Waals surface area (Å²) in [5.74, 6) is 1.11. The Morgan fingerprint density at radius 3 is 2.84 bits per heavy atom. The van der Waals surface area contributed by atoms with E-state index in [9.17, 15) is 4.79 Å². The van der Waals surface area contributed by atoms with Gasteiger partial charge in [0.2, 0.25) is 0 Å². The van der Waals surface area contributed by atoms with E-state index in [0.717, 1.165) is 30.0 Å². The Morgan fingerprint density at radius 2 is 2.16 bits per heavy atom. The number of aromatic nitrogens is 1. The van der Waals surface area contributed by atoms with Gasteiger partial charge in [0.1, 0.15) is 10.7 Å². The Morgan fingerprint density at radius 1 is 1.36 bits per heavy atom. The molecule has 1 saturated heterocycles. The van der Waals surface area contributed by atoms with Crippen molar-refractivity contribution in [1.82, 2.24) is 10.3 Å². The van der Waals surface area contributed by atoms with Crippen LogP contribution in [0.2, 0.25) is 0 Å². The first-order valence-corrected chi connectivity index (χ1v) is 9.03. The summed E-state index contributed by atoms with van der Waals surface area (Å²) in [6.45, 7) is 3.28. The normalized spacial score (nSPS) is 19.6. The number of ether oxygens (including phenoxy) is 3. The molecule has 1 aromatic heterocycles. The summed E-state index contributed by atoms with van der Waals surface area (Å²) < 4.78 is 16.3. The molecule has 1 aliphatic rings. The number of nitrogens with zero attached hydrogens (tertiary/aromatic N) is 1. The topological polar surface area (TPSA) is 69.7 Å². The van der Waals surface area contributed by atoms with E-state index in [0.29, 0.717) is 23.7 Å². The fourth-order valence-corrected chi connectivity index (χ4v) is 3.61. The Kier molecular flexibility index (Phi) is 5.24. The number of thiazole rings is 1. The summed E-state index contributed by atoms with van der Waals surface area (Å²) in [6, 6.07) is 5.58. The molecule has 0 spiro atoms. The molecule has 7 heteroatoms. The van der Waals surface area contributed by atoms with Crippen molar-refractivity contribution in [3.8, 4) is 22.1 Å². The molecule has 6 nitrogen and oxygen atoms in total. The average molecular weight is 362 g/mol. The standard InChI is InChI=1S/C18H22N2O4S/c1-18(7-4-8-24-18)11-19-16(21)13-10-25-17(20-13)12-5-6-14(22-2)15(9-12)23-3/h5-6,9-10H,4,7-8,11H2,1-3H3,(H,19,21). The highest BCUT2D eigenvalue weighted by Gasteiger charge is 2.30. The lowest BCUT2D eigenvalue weighted by Crippen LogP contribution is -2.40. The number of benzene rings is 1. The highest BCUT2D eigenvalue weighted by atomic mass is 32.1. The molecule has 1 fully saturated rings. The highest BCUT2D eigenvalue weighted by molar-refractivity contribution is 7.13. The largest absolute Gasteiger partial charge is 0.493 e. The van der Waals surface area contributed by atoms with Crippen LogP contribution in [0, 0.1) is 0 Å². The predicted octanol–water partition coefficient (Wildman–Crippen LogP) is 3.13. The Bertz CT molecular complexity index is 753. The van der Waals surface area contributed by atoms with Crippen LogP contribution in [-0.2, 0) is 4.74 Å². The molecule has 1 amide bonds. The maximum atomic E-state index is 12.3. The quantitative estimate of drug-likeness (QED) is 0.855. The zero-order valence-electron chi connectivity index (χ0n) is 14.6. The Labute approximate surface area is 151 Å². The van der Waals surface area contributed by atoms with Crippen LogP contribution in [-0.4, -0.2) is 43.9 Å². The molecule has 2 heterocycles. The van der Waals surface area contributed by atoms with E-state index in [1.54, 1.807) is 19.6 Å². The van der Waals surface area contributed by atoms with Crippen molar-refractivity contribution in [3.63, 3.8) is 0 Å². The molecule has 0 saturated carbocycles. The fraction of sp³-hybridized carbons (Fsp3) is 0.444. The lowest BCUT2D eigenvalue weighted by Gasteiger charge is -2.22. The maximum Gasteiger partial charge on any atom is 0.270 e. The summed E-state index contributed by atoms with van der Waals surface area (Å²) in [4.78, 5) is 16.8. The van der Waals surface area contributed by atoms with Crippen molar-refractivity contribution in [2.75, 3.05) is 27.4 Å². The Balaban J connectivity index is 1.70. The molecule has 1 aromatic carbocycles. The van der Waals surface area contributed by atoms with Gasteiger partial charge in [-0.05, 0) is 38.0 Å². The molecule has 1 atom stereocenters. The minimum atomic E-state index is -0.266. The van der Waals surface area contributed by atoms with Gasteiger partial charge in [-0.3, -0.25) is 4.79 Å². The molecule has 0 aliphatic carbocycles. The second-order valence-corrected chi connectivity index (χ2v) is 7.05. The molecule has 25 heavy (non-hydrogen) atoms. The first kappa shape index (κ1) is 17.7. The van der Waals surface area contributed by atoms with Crippen LogP contribution in [0.5, 0.6) is 11.5 Å². The molecule has 1 aliphatic heterocycles. The van der Waals surface area contributed by atoms with Crippen LogP contribution >= 0.6 is 11.3 Å². The van der Waals surface area contributed by atoms with E-state index in [1.807, 2.05) is 25.1 Å². The third kappa shape index (κ3) is 3.93. The second kappa shape index (κ2) is 7.41. The van der Waals surface area contributed by atoms with Crippen molar-refractivity contribution < 1.29 is 19.0 Å². The fourth-order valence-electron chi connectivity index (χ4n) is 2.81. The van der Waals surface area contributed by atoms with E-state index in [1.165, 1.54) is 11.3 Å². The molecular weight excluding hydrogens is 340 g/mol. The maximum absolute atomic E-state index is 12.3. The molecule has 1 N–H and O–H groups in total. The van der Waals surface area contributed by atoms with Gasteiger partial charge >= 0.3 is 0 Å². The van der Waals surface area contributed by atoms with Gasteiger partial charge in [-0.15, -0.1) is 11.3 Å². The SMILES string of the molecule is COc1ccc(-c2nc(C(=O)NCC3(C)CCCO3)cs2)cc1OC. The molecule has 3 rings (SSSR count).